The molecule has 0 spiro atoms. The molecule has 0 amide bonds. The van der Waals surface area contributed by atoms with Gasteiger partial charge in [-0.15, -0.1) is 0 Å². The first kappa shape index (κ1) is 15.5. The molecule has 0 bridgehead atoms. The van der Waals surface area contributed by atoms with E-state index in [0.29, 0.717) is 12.8 Å². The van der Waals surface area contributed by atoms with Crippen molar-refractivity contribution >= 4 is 22.0 Å². The van der Waals surface area contributed by atoms with Crippen molar-refractivity contribution in [3.05, 3.63) is 17.6 Å². The SMILES string of the molecule is COC(=O)C1CCCN1S(=O)(=O)c1cc(C(=O)O)oc1C. The van der Waals surface area contributed by atoms with Crippen LogP contribution in [0.4, 0.5) is 0 Å². The molecule has 116 valence electrons. The standard InChI is InChI=1S/C12H15NO7S/c1-7-10(6-9(20-7)11(14)15)21(17,18)13-5-3-4-8(13)12(16)19-2/h6,8H,3-5H2,1-2H3,(H,14,15). The van der Waals surface area contributed by atoms with Crippen LogP contribution in [0.3, 0.4) is 0 Å². The third kappa shape index (κ3) is 2.66. The van der Waals surface area contributed by atoms with Gasteiger partial charge in [0.05, 0.1) is 7.11 Å². The van der Waals surface area contributed by atoms with Crippen molar-refractivity contribution in [3.8, 4) is 0 Å². The first-order valence-corrected chi connectivity index (χ1v) is 7.66. The van der Waals surface area contributed by atoms with Crippen LogP contribution in [0.2, 0.25) is 0 Å². The monoisotopic (exact) mass is 317 g/mol. The molecule has 1 aromatic rings. The average molecular weight is 317 g/mol. The molecule has 1 aliphatic heterocycles. The largest absolute Gasteiger partial charge is 0.475 e. The van der Waals surface area contributed by atoms with E-state index in [0.717, 1.165) is 10.4 Å². The van der Waals surface area contributed by atoms with E-state index in [2.05, 4.69) is 4.74 Å². The molecule has 0 aliphatic carbocycles. The number of nitrogens with zero attached hydrogens (tertiary/aromatic N) is 1. The highest BCUT2D eigenvalue weighted by atomic mass is 32.2. The van der Waals surface area contributed by atoms with E-state index >= 15 is 0 Å². The van der Waals surface area contributed by atoms with Crippen molar-refractivity contribution in [2.75, 3.05) is 13.7 Å². The number of carbonyl (C=O) groups is 2. The van der Waals surface area contributed by atoms with Crippen LogP contribution in [0.1, 0.15) is 29.2 Å². The van der Waals surface area contributed by atoms with Gasteiger partial charge in [-0.1, -0.05) is 0 Å². The van der Waals surface area contributed by atoms with Crippen molar-refractivity contribution in [2.24, 2.45) is 0 Å². The van der Waals surface area contributed by atoms with Crippen molar-refractivity contribution in [2.45, 2.75) is 30.7 Å². The topological polar surface area (TPSA) is 114 Å². The lowest BCUT2D eigenvalue weighted by Gasteiger charge is -2.21. The van der Waals surface area contributed by atoms with Gasteiger partial charge in [0.25, 0.3) is 0 Å². The van der Waals surface area contributed by atoms with Crippen LogP contribution in [-0.2, 0) is 19.6 Å². The zero-order chi connectivity index (χ0) is 15.8. The quantitative estimate of drug-likeness (QED) is 0.809. The molecule has 0 radical (unpaired) electrons. The lowest BCUT2D eigenvalue weighted by molar-refractivity contribution is -0.144. The van der Waals surface area contributed by atoms with Crippen LogP contribution in [-0.4, -0.2) is 49.5 Å². The lowest BCUT2D eigenvalue weighted by atomic mass is 10.2. The number of furan rings is 1. The number of hydrogen-bond acceptors (Lipinski definition) is 6. The highest BCUT2D eigenvalue weighted by Gasteiger charge is 2.41. The van der Waals surface area contributed by atoms with Crippen LogP contribution in [0, 0.1) is 6.92 Å². The summed E-state index contributed by atoms with van der Waals surface area (Å²) in [5, 5.41) is 8.86. The second-order valence-electron chi connectivity index (χ2n) is 4.63. The number of methoxy groups -OCH3 is 1. The highest BCUT2D eigenvalue weighted by Crippen LogP contribution is 2.30. The maximum atomic E-state index is 12.6. The second kappa shape index (κ2) is 5.49. The van der Waals surface area contributed by atoms with Gasteiger partial charge < -0.3 is 14.3 Å². The molecule has 1 aromatic heterocycles. The molecule has 1 saturated heterocycles. The van der Waals surface area contributed by atoms with Gasteiger partial charge in [0.2, 0.25) is 15.8 Å². The predicted octanol–water partition coefficient (Wildman–Crippen LogP) is 0.612. The number of rotatable bonds is 4. The molecule has 9 heteroatoms. The molecule has 21 heavy (non-hydrogen) atoms. The number of carboxylic acid groups (broad SMARTS) is 1. The van der Waals surface area contributed by atoms with Crippen LogP contribution < -0.4 is 0 Å². The van der Waals surface area contributed by atoms with Gasteiger partial charge in [-0.05, 0) is 19.8 Å². The summed E-state index contributed by atoms with van der Waals surface area (Å²) < 4.78 is 35.7. The van der Waals surface area contributed by atoms with Gasteiger partial charge in [0.15, 0.2) is 0 Å². The maximum absolute atomic E-state index is 12.6. The molecule has 1 unspecified atom stereocenters. The van der Waals surface area contributed by atoms with E-state index in [9.17, 15) is 18.0 Å². The van der Waals surface area contributed by atoms with Crippen LogP contribution in [0.25, 0.3) is 0 Å². The Morgan fingerprint density at radius 2 is 2.14 bits per heavy atom. The molecule has 0 saturated carbocycles. The molecular formula is C12H15NO7S. The Balaban J connectivity index is 2.42. The minimum absolute atomic E-state index is 0.0251. The van der Waals surface area contributed by atoms with Crippen LogP contribution in [0.5, 0.6) is 0 Å². The van der Waals surface area contributed by atoms with E-state index in [4.69, 9.17) is 9.52 Å². The Morgan fingerprint density at radius 1 is 1.48 bits per heavy atom. The summed E-state index contributed by atoms with van der Waals surface area (Å²) in [5.41, 5.74) is 0. The first-order valence-electron chi connectivity index (χ1n) is 6.22. The summed E-state index contributed by atoms with van der Waals surface area (Å²) in [4.78, 5) is 22.3. The summed E-state index contributed by atoms with van der Waals surface area (Å²) in [7, 11) is -2.82. The molecule has 1 N–H and O–H groups in total. The van der Waals surface area contributed by atoms with Crippen molar-refractivity contribution in [1.82, 2.24) is 4.31 Å². The Hall–Kier alpha value is -1.87. The van der Waals surface area contributed by atoms with E-state index in [-0.39, 0.29) is 17.2 Å². The summed E-state index contributed by atoms with van der Waals surface area (Å²) in [6.07, 6.45) is 0.899. The molecule has 8 nitrogen and oxygen atoms in total. The average Bonchev–Trinajstić information content (AvgIpc) is 3.04. The Morgan fingerprint density at radius 3 is 2.67 bits per heavy atom. The minimum Gasteiger partial charge on any atom is -0.475 e. The summed E-state index contributed by atoms with van der Waals surface area (Å²) >= 11 is 0. The number of carboxylic acids is 1. The number of hydrogen-bond donors (Lipinski definition) is 1. The molecule has 2 rings (SSSR count). The molecule has 2 heterocycles. The van der Waals surface area contributed by atoms with Gasteiger partial charge >= 0.3 is 11.9 Å². The number of sulfonamides is 1. The van der Waals surface area contributed by atoms with Crippen LogP contribution in [0.15, 0.2) is 15.4 Å². The number of aromatic carboxylic acids is 1. The fraction of sp³-hybridized carbons (Fsp3) is 0.500. The summed E-state index contributed by atoms with van der Waals surface area (Å²) in [5.74, 6) is -2.47. The van der Waals surface area contributed by atoms with E-state index < -0.39 is 33.8 Å². The zero-order valence-corrected chi connectivity index (χ0v) is 12.3. The van der Waals surface area contributed by atoms with Crippen LogP contribution >= 0.6 is 0 Å². The van der Waals surface area contributed by atoms with E-state index in [1.807, 2.05) is 0 Å². The molecular weight excluding hydrogens is 302 g/mol. The van der Waals surface area contributed by atoms with E-state index in [1.165, 1.54) is 14.0 Å². The van der Waals surface area contributed by atoms with Crippen molar-refractivity contribution in [3.63, 3.8) is 0 Å². The molecule has 1 fully saturated rings. The predicted molar refractivity (Wildman–Crippen MR) is 69.3 cm³/mol. The normalized spacial score (nSPS) is 19.6. The van der Waals surface area contributed by atoms with Gasteiger partial charge in [0, 0.05) is 12.6 Å². The summed E-state index contributed by atoms with van der Waals surface area (Å²) in [6, 6.07) is 0.0715. The molecule has 1 atom stereocenters. The number of aryl methyl sites for hydroxylation is 1. The fourth-order valence-corrected chi connectivity index (χ4v) is 4.16. The highest BCUT2D eigenvalue weighted by molar-refractivity contribution is 7.89. The van der Waals surface area contributed by atoms with Crippen molar-refractivity contribution < 1.29 is 32.3 Å². The Bertz CT molecular complexity index is 676. The lowest BCUT2D eigenvalue weighted by Crippen LogP contribution is -2.41. The fourth-order valence-electron chi connectivity index (χ4n) is 2.35. The van der Waals surface area contributed by atoms with Gasteiger partial charge in [0.1, 0.15) is 16.7 Å². The first-order chi connectivity index (χ1) is 9.78. The molecule has 1 aliphatic rings. The molecule has 0 aromatic carbocycles. The van der Waals surface area contributed by atoms with E-state index in [1.54, 1.807) is 0 Å². The Kier molecular flexibility index (Phi) is 4.06. The minimum atomic E-state index is -4.01. The zero-order valence-electron chi connectivity index (χ0n) is 11.5. The van der Waals surface area contributed by atoms with Gasteiger partial charge in [-0.25, -0.2) is 13.2 Å². The van der Waals surface area contributed by atoms with Crippen molar-refractivity contribution in [1.29, 1.82) is 0 Å². The number of ether oxygens (including phenoxy) is 1. The third-order valence-corrected chi connectivity index (χ3v) is 5.36. The number of esters is 1. The van der Waals surface area contributed by atoms with Gasteiger partial charge in [-0.2, -0.15) is 4.31 Å². The number of carbonyl (C=O) groups excluding carboxylic acids is 1. The third-order valence-electron chi connectivity index (χ3n) is 3.35. The second-order valence-corrected chi connectivity index (χ2v) is 6.49. The maximum Gasteiger partial charge on any atom is 0.371 e. The summed E-state index contributed by atoms with van der Waals surface area (Å²) in [6.45, 7) is 1.54. The smallest absolute Gasteiger partial charge is 0.371 e. The van der Waals surface area contributed by atoms with Gasteiger partial charge in [-0.3, -0.25) is 4.79 Å². The Labute approximate surface area is 121 Å².